The van der Waals surface area contributed by atoms with Gasteiger partial charge in [0.2, 0.25) is 0 Å². The third kappa shape index (κ3) is 4.26. The first-order chi connectivity index (χ1) is 16.9. The smallest absolute Gasteiger partial charge is 0.386 e. The summed E-state index contributed by atoms with van der Waals surface area (Å²) >= 11 is 0. The average molecular weight is 499 g/mol. The third-order valence-corrected chi connectivity index (χ3v) is 6.52. The molecule has 1 aromatic carbocycles. The maximum atomic E-state index is 13.4. The Morgan fingerprint density at radius 1 is 1.08 bits per heavy atom. The molecule has 0 spiro atoms. The zero-order valence-electron chi connectivity index (χ0n) is 20.2. The minimum atomic E-state index is -4.34. The quantitative estimate of drug-likeness (QED) is 0.283. The largest absolute Gasteiger partial charge is 0.389 e. The molecule has 0 saturated heterocycles. The summed E-state index contributed by atoms with van der Waals surface area (Å²) in [5, 5.41) is 19.2. The first-order valence-electron chi connectivity index (χ1n) is 11.5. The number of fused-ring (bicyclic) bond motifs is 3. The predicted octanol–water partition coefficient (Wildman–Crippen LogP) is 6.61. The van der Waals surface area contributed by atoms with Crippen molar-refractivity contribution in [2.75, 3.05) is 0 Å². The number of halogens is 3. The summed E-state index contributed by atoms with van der Waals surface area (Å²) in [6.45, 7) is 6.95. The lowest BCUT2D eigenvalue weighted by Crippen LogP contribution is -2.17. The normalized spacial score (nSPS) is 13.7. The van der Waals surface area contributed by atoms with Crippen LogP contribution in [-0.2, 0) is 5.60 Å². The Balaban J connectivity index is 1.83. The lowest BCUT2D eigenvalue weighted by Gasteiger charge is -2.22. The second-order valence-electron chi connectivity index (χ2n) is 9.58. The van der Waals surface area contributed by atoms with E-state index < -0.39 is 24.2 Å². The van der Waals surface area contributed by atoms with Crippen LogP contribution < -0.4 is 0 Å². The molecule has 5 aromatic rings. The Labute approximate surface area is 204 Å². The van der Waals surface area contributed by atoms with Crippen LogP contribution in [0.15, 0.2) is 52.0 Å². The predicted molar refractivity (Wildman–Crippen MR) is 127 cm³/mol. The molecular weight excluding hydrogens is 473 g/mol. The molecule has 5 rings (SSSR count). The minimum absolute atomic E-state index is 0.230. The van der Waals surface area contributed by atoms with Gasteiger partial charge in [0.15, 0.2) is 0 Å². The maximum absolute atomic E-state index is 13.4. The van der Waals surface area contributed by atoms with Crippen molar-refractivity contribution in [3.05, 3.63) is 65.5 Å². The summed E-state index contributed by atoms with van der Waals surface area (Å²) in [6, 6.07) is 6.61. The van der Waals surface area contributed by atoms with Gasteiger partial charge in [0, 0.05) is 34.7 Å². The molecule has 0 saturated carbocycles. The van der Waals surface area contributed by atoms with Gasteiger partial charge in [-0.2, -0.15) is 13.2 Å². The highest BCUT2D eigenvalue weighted by molar-refractivity contribution is 6.07. The molecule has 0 aliphatic rings. The molecule has 0 amide bonds. The van der Waals surface area contributed by atoms with E-state index in [-0.39, 0.29) is 6.42 Å². The monoisotopic (exact) mass is 498 g/mol. The number of aliphatic hydroxyl groups is 1. The number of alkyl halides is 3. The molecule has 188 valence electrons. The Morgan fingerprint density at radius 2 is 1.86 bits per heavy atom. The Morgan fingerprint density at radius 3 is 2.47 bits per heavy atom. The van der Waals surface area contributed by atoms with Crippen LogP contribution in [0, 0.1) is 13.8 Å². The second kappa shape index (κ2) is 8.48. The third-order valence-electron chi connectivity index (χ3n) is 6.52. The Hall–Kier alpha value is -3.66. The molecule has 0 unspecified atom stereocenters. The minimum Gasteiger partial charge on any atom is -0.386 e. The van der Waals surface area contributed by atoms with Gasteiger partial charge in [-0.05, 0) is 51.8 Å². The highest BCUT2D eigenvalue weighted by atomic mass is 19.4. The molecule has 7 nitrogen and oxygen atoms in total. The topological polar surface area (TPSA) is 90.1 Å². The Bertz CT molecular complexity index is 1520. The van der Waals surface area contributed by atoms with E-state index in [4.69, 9.17) is 14.0 Å². The summed E-state index contributed by atoms with van der Waals surface area (Å²) in [5.41, 5.74) is 4.14. The van der Waals surface area contributed by atoms with Gasteiger partial charge in [-0.1, -0.05) is 22.4 Å². The van der Waals surface area contributed by atoms with E-state index in [1.54, 1.807) is 39.1 Å². The van der Waals surface area contributed by atoms with Gasteiger partial charge in [0.25, 0.3) is 0 Å². The van der Waals surface area contributed by atoms with E-state index in [0.29, 0.717) is 39.1 Å². The zero-order valence-corrected chi connectivity index (χ0v) is 20.2. The highest BCUT2D eigenvalue weighted by Gasteiger charge is 2.32. The van der Waals surface area contributed by atoms with Crippen molar-refractivity contribution >= 4 is 21.9 Å². The number of aromatic nitrogens is 4. The molecule has 4 heterocycles. The van der Waals surface area contributed by atoms with E-state index in [1.165, 1.54) is 12.5 Å². The SMILES string of the molecule is Cc1noc(C)c1-c1cnc2c3ccc(C(C)(C)O)cc3n([C@H](CCC(F)(F)F)c3cnoc3)c2c1. The van der Waals surface area contributed by atoms with Crippen LogP contribution in [0.3, 0.4) is 0 Å². The lowest BCUT2D eigenvalue weighted by molar-refractivity contribution is -0.136. The van der Waals surface area contributed by atoms with E-state index in [0.717, 1.165) is 16.5 Å². The summed E-state index contributed by atoms with van der Waals surface area (Å²) in [4.78, 5) is 4.72. The van der Waals surface area contributed by atoms with Gasteiger partial charge >= 0.3 is 6.18 Å². The van der Waals surface area contributed by atoms with E-state index in [2.05, 4.69) is 10.3 Å². The first kappa shape index (κ1) is 24.1. The van der Waals surface area contributed by atoms with Crippen molar-refractivity contribution in [3.8, 4) is 11.1 Å². The molecule has 0 aliphatic heterocycles. The van der Waals surface area contributed by atoms with Crippen LogP contribution >= 0.6 is 0 Å². The number of hydrogen-bond donors (Lipinski definition) is 1. The maximum Gasteiger partial charge on any atom is 0.389 e. The number of benzene rings is 1. The van der Waals surface area contributed by atoms with Gasteiger partial charge in [0.05, 0.1) is 40.1 Å². The van der Waals surface area contributed by atoms with Crippen molar-refractivity contribution in [2.45, 2.75) is 58.4 Å². The number of rotatable bonds is 6. The summed E-state index contributed by atoms with van der Waals surface area (Å²) in [7, 11) is 0. The number of hydrogen-bond acceptors (Lipinski definition) is 6. The van der Waals surface area contributed by atoms with Crippen molar-refractivity contribution in [2.24, 2.45) is 0 Å². The molecule has 4 aromatic heterocycles. The van der Waals surface area contributed by atoms with E-state index in [1.807, 2.05) is 23.6 Å². The van der Waals surface area contributed by atoms with Crippen LogP contribution in [0.1, 0.15) is 55.3 Å². The van der Waals surface area contributed by atoms with Gasteiger partial charge in [-0.3, -0.25) is 4.98 Å². The van der Waals surface area contributed by atoms with E-state index >= 15 is 0 Å². The molecule has 1 N–H and O–H groups in total. The Kier molecular flexibility index (Phi) is 5.66. The highest BCUT2D eigenvalue weighted by Crippen LogP contribution is 2.40. The molecule has 1 atom stereocenters. The van der Waals surface area contributed by atoms with Crippen LogP contribution in [0.2, 0.25) is 0 Å². The molecule has 0 aliphatic carbocycles. The summed E-state index contributed by atoms with van der Waals surface area (Å²) < 4.78 is 52.3. The van der Waals surface area contributed by atoms with Crippen molar-refractivity contribution in [1.82, 2.24) is 19.9 Å². The molecule has 36 heavy (non-hydrogen) atoms. The van der Waals surface area contributed by atoms with Crippen LogP contribution in [0.5, 0.6) is 0 Å². The van der Waals surface area contributed by atoms with Gasteiger partial charge < -0.3 is 18.7 Å². The molecule has 0 radical (unpaired) electrons. The second-order valence-corrected chi connectivity index (χ2v) is 9.58. The van der Waals surface area contributed by atoms with Crippen LogP contribution in [0.25, 0.3) is 33.1 Å². The van der Waals surface area contributed by atoms with Crippen LogP contribution in [0.4, 0.5) is 13.2 Å². The van der Waals surface area contributed by atoms with Crippen molar-refractivity contribution in [1.29, 1.82) is 0 Å². The van der Waals surface area contributed by atoms with Crippen LogP contribution in [-0.4, -0.2) is 31.1 Å². The number of nitrogens with zero attached hydrogens (tertiary/aromatic N) is 4. The fourth-order valence-electron chi connectivity index (χ4n) is 4.78. The zero-order chi connectivity index (χ0) is 25.8. The number of aryl methyl sites for hydroxylation is 2. The summed E-state index contributed by atoms with van der Waals surface area (Å²) in [6.07, 6.45) is -1.05. The van der Waals surface area contributed by atoms with E-state index in [9.17, 15) is 18.3 Å². The lowest BCUT2D eigenvalue weighted by atomic mass is 9.97. The van der Waals surface area contributed by atoms with Gasteiger partial charge in [0.1, 0.15) is 12.0 Å². The fraction of sp³-hybridized carbons (Fsp3) is 0.346. The van der Waals surface area contributed by atoms with Gasteiger partial charge in [-0.15, -0.1) is 0 Å². The molecule has 0 fully saturated rings. The first-order valence-corrected chi connectivity index (χ1v) is 11.5. The van der Waals surface area contributed by atoms with Gasteiger partial charge in [-0.25, -0.2) is 0 Å². The molecular formula is C26H25F3N4O3. The average Bonchev–Trinajstić information content (AvgIpc) is 3.51. The standard InChI is InChI=1S/C26H25F3N4O3/c1-14-23(15(2)36-32-14)16-9-22-24(30-11-16)19-6-5-18(25(3,4)34)10-21(19)33(22)20(7-8-26(27,28)29)17-12-31-35-13-17/h5-6,9-13,20,34H,7-8H2,1-4H3/t20-/m1/s1. The van der Waals surface area contributed by atoms with Crippen molar-refractivity contribution in [3.63, 3.8) is 0 Å². The molecule has 10 heteroatoms. The molecule has 0 bridgehead atoms. The van der Waals surface area contributed by atoms with Crippen molar-refractivity contribution < 1.29 is 27.3 Å². The fourth-order valence-corrected chi connectivity index (χ4v) is 4.78. The summed E-state index contributed by atoms with van der Waals surface area (Å²) in [5.74, 6) is 0.619. The number of pyridine rings is 1.